The average molecular weight is 283 g/mol. The van der Waals surface area contributed by atoms with Crippen LogP contribution in [0.5, 0.6) is 0 Å². The highest BCUT2D eigenvalue weighted by atomic mass is 19.2. The van der Waals surface area contributed by atoms with Gasteiger partial charge in [-0.2, -0.15) is 0 Å². The molecule has 19 heavy (non-hydrogen) atoms. The zero-order valence-corrected chi connectivity index (χ0v) is 10.5. The minimum Gasteiger partial charge on any atom is -0.394 e. The van der Waals surface area contributed by atoms with Gasteiger partial charge in [0.05, 0.1) is 12.1 Å². The SMILES string of the molecule is CCC(CC)(CO)Nc1c(F)c(F)c(F)c(F)c1F. The standard InChI is InChI=1S/C12H14F5NO/c1-3-12(4-2,5-19)18-11-9(16)7(14)6(13)8(15)10(11)17/h18-19H,3-5H2,1-2H3. The Labute approximate surface area is 107 Å². The number of anilines is 1. The van der Waals surface area contributed by atoms with Crippen molar-refractivity contribution in [2.75, 3.05) is 11.9 Å². The zero-order valence-electron chi connectivity index (χ0n) is 10.5. The van der Waals surface area contributed by atoms with Crippen molar-refractivity contribution in [2.45, 2.75) is 32.2 Å². The molecular formula is C12H14F5NO. The molecule has 0 saturated heterocycles. The van der Waals surface area contributed by atoms with Gasteiger partial charge in [-0.15, -0.1) is 0 Å². The van der Waals surface area contributed by atoms with Gasteiger partial charge in [-0.3, -0.25) is 0 Å². The van der Waals surface area contributed by atoms with Crippen LogP contribution in [0.3, 0.4) is 0 Å². The Morgan fingerprint density at radius 2 is 1.21 bits per heavy atom. The largest absolute Gasteiger partial charge is 0.394 e. The van der Waals surface area contributed by atoms with E-state index >= 15 is 0 Å². The van der Waals surface area contributed by atoms with Gasteiger partial charge in [-0.25, -0.2) is 22.0 Å². The molecule has 1 aromatic carbocycles. The fraction of sp³-hybridized carbons (Fsp3) is 0.500. The van der Waals surface area contributed by atoms with Crippen molar-refractivity contribution < 1.29 is 27.1 Å². The summed E-state index contributed by atoms with van der Waals surface area (Å²) < 4.78 is 65.9. The summed E-state index contributed by atoms with van der Waals surface area (Å²) in [4.78, 5) is 0. The number of aliphatic hydroxyl groups is 1. The number of benzene rings is 1. The van der Waals surface area contributed by atoms with E-state index in [-0.39, 0.29) is 12.8 Å². The third-order valence-electron chi connectivity index (χ3n) is 3.26. The summed E-state index contributed by atoms with van der Waals surface area (Å²) in [5, 5.41) is 11.5. The number of rotatable bonds is 5. The van der Waals surface area contributed by atoms with Crippen LogP contribution in [-0.4, -0.2) is 17.3 Å². The molecule has 0 aliphatic carbocycles. The maximum Gasteiger partial charge on any atom is 0.200 e. The molecule has 0 fully saturated rings. The van der Waals surface area contributed by atoms with E-state index in [9.17, 15) is 27.1 Å². The molecular weight excluding hydrogens is 269 g/mol. The van der Waals surface area contributed by atoms with Crippen LogP contribution in [0.25, 0.3) is 0 Å². The van der Waals surface area contributed by atoms with Gasteiger partial charge < -0.3 is 10.4 Å². The molecule has 0 unspecified atom stereocenters. The summed E-state index contributed by atoms with van der Waals surface area (Å²) in [6.45, 7) is 2.75. The molecule has 0 saturated carbocycles. The van der Waals surface area contributed by atoms with E-state index < -0.39 is 46.9 Å². The Morgan fingerprint density at radius 1 is 0.842 bits per heavy atom. The summed E-state index contributed by atoms with van der Waals surface area (Å²) in [7, 11) is 0. The highest BCUT2D eigenvalue weighted by Crippen LogP contribution is 2.31. The van der Waals surface area contributed by atoms with Crippen molar-refractivity contribution in [3.63, 3.8) is 0 Å². The van der Waals surface area contributed by atoms with E-state index in [0.717, 1.165) is 0 Å². The first-order valence-electron chi connectivity index (χ1n) is 5.74. The van der Waals surface area contributed by atoms with E-state index in [0.29, 0.717) is 0 Å². The van der Waals surface area contributed by atoms with Crippen molar-refractivity contribution in [3.05, 3.63) is 29.1 Å². The molecule has 1 aromatic rings. The summed E-state index contributed by atoms with van der Waals surface area (Å²) >= 11 is 0. The molecule has 2 N–H and O–H groups in total. The first-order chi connectivity index (χ1) is 8.83. The zero-order chi connectivity index (χ0) is 14.8. The first kappa shape index (κ1) is 15.7. The van der Waals surface area contributed by atoms with E-state index in [1.165, 1.54) is 0 Å². The predicted molar refractivity (Wildman–Crippen MR) is 60.3 cm³/mol. The van der Waals surface area contributed by atoms with Gasteiger partial charge in [0.25, 0.3) is 0 Å². The molecule has 0 heterocycles. The van der Waals surface area contributed by atoms with Gasteiger partial charge in [-0.05, 0) is 12.8 Å². The van der Waals surface area contributed by atoms with Gasteiger partial charge in [0, 0.05) is 0 Å². The van der Waals surface area contributed by atoms with Crippen LogP contribution in [0.15, 0.2) is 0 Å². The molecule has 1 rings (SSSR count). The second kappa shape index (κ2) is 5.73. The number of nitrogens with one attached hydrogen (secondary N) is 1. The minimum absolute atomic E-state index is 0.249. The Kier molecular flexibility index (Phi) is 4.73. The number of halogens is 5. The summed E-state index contributed by atoms with van der Waals surface area (Å²) in [6.07, 6.45) is 0.499. The van der Waals surface area contributed by atoms with Crippen molar-refractivity contribution >= 4 is 5.69 Å². The lowest BCUT2D eigenvalue weighted by molar-refractivity contribution is 0.201. The molecule has 0 aromatic heterocycles. The summed E-state index contributed by atoms with van der Waals surface area (Å²) in [6, 6.07) is 0. The lowest BCUT2D eigenvalue weighted by Gasteiger charge is -2.32. The Balaban J connectivity index is 3.36. The molecule has 0 bridgehead atoms. The van der Waals surface area contributed by atoms with Gasteiger partial charge in [0.15, 0.2) is 23.3 Å². The molecule has 0 spiro atoms. The molecule has 108 valence electrons. The Bertz CT molecular complexity index is 436. The molecule has 2 nitrogen and oxygen atoms in total. The molecule has 0 radical (unpaired) electrons. The quantitative estimate of drug-likeness (QED) is 0.493. The van der Waals surface area contributed by atoms with Gasteiger partial charge in [-0.1, -0.05) is 13.8 Å². The summed E-state index contributed by atoms with van der Waals surface area (Å²) in [5.74, 6) is -10.1. The van der Waals surface area contributed by atoms with Crippen molar-refractivity contribution in [1.82, 2.24) is 0 Å². The molecule has 7 heteroatoms. The van der Waals surface area contributed by atoms with Crippen molar-refractivity contribution in [2.24, 2.45) is 0 Å². The lowest BCUT2D eigenvalue weighted by atomic mass is 9.93. The minimum atomic E-state index is -2.21. The van der Waals surface area contributed by atoms with Crippen molar-refractivity contribution in [1.29, 1.82) is 0 Å². The number of hydrogen-bond acceptors (Lipinski definition) is 2. The van der Waals surface area contributed by atoms with Gasteiger partial charge in [0.2, 0.25) is 5.82 Å². The smallest absolute Gasteiger partial charge is 0.200 e. The predicted octanol–water partition coefficient (Wildman–Crippen LogP) is 3.35. The van der Waals surface area contributed by atoms with E-state index in [1.807, 2.05) is 0 Å². The van der Waals surface area contributed by atoms with Gasteiger partial charge in [0.1, 0.15) is 5.69 Å². The molecule has 0 atom stereocenters. The highest BCUT2D eigenvalue weighted by Gasteiger charge is 2.32. The van der Waals surface area contributed by atoms with Crippen LogP contribution < -0.4 is 5.32 Å². The van der Waals surface area contributed by atoms with Crippen LogP contribution in [0, 0.1) is 29.1 Å². The van der Waals surface area contributed by atoms with Crippen LogP contribution in [0.1, 0.15) is 26.7 Å². The summed E-state index contributed by atoms with van der Waals surface area (Å²) in [5.41, 5.74) is -2.26. The fourth-order valence-corrected chi connectivity index (χ4v) is 1.67. The molecule has 0 aliphatic heterocycles. The monoisotopic (exact) mass is 283 g/mol. The second-order valence-corrected chi connectivity index (χ2v) is 4.22. The van der Waals surface area contributed by atoms with Crippen LogP contribution in [-0.2, 0) is 0 Å². The third kappa shape index (κ3) is 2.65. The number of hydrogen-bond donors (Lipinski definition) is 2. The van der Waals surface area contributed by atoms with Crippen LogP contribution in [0.2, 0.25) is 0 Å². The average Bonchev–Trinajstić information content (AvgIpc) is 2.44. The van der Waals surface area contributed by atoms with Gasteiger partial charge >= 0.3 is 0 Å². The fourth-order valence-electron chi connectivity index (χ4n) is 1.67. The van der Waals surface area contributed by atoms with E-state index in [2.05, 4.69) is 5.32 Å². The normalized spacial score (nSPS) is 11.8. The van der Waals surface area contributed by atoms with Crippen LogP contribution in [0.4, 0.5) is 27.6 Å². The maximum atomic E-state index is 13.5. The molecule has 0 aliphatic rings. The Morgan fingerprint density at radius 3 is 1.53 bits per heavy atom. The topological polar surface area (TPSA) is 32.3 Å². The second-order valence-electron chi connectivity index (χ2n) is 4.22. The third-order valence-corrected chi connectivity index (χ3v) is 3.26. The lowest BCUT2D eigenvalue weighted by Crippen LogP contribution is -2.41. The Hall–Kier alpha value is -1.37. The maximum absolute atomic E-state index is 13.5. The first-order valence-corrected chi connectivity index (χ1v) is 5.74. The van der Waals surface area contributed by atoms with Crippen molar-refractivity contribution in [3.8, 4) is 0 Å². The van der Waals surface area contributed by atoms with E-state index in [4.69, 9.17) is 0 Å². The van der Waals surface area contributed by atoms with E-state index in [1.54, 1.807) is 13.8 Å². The van der Waals surface area contributed by atoms with Crippen LogP contribution >= 0.6 is 0 Å². The number of aliphatic hydroxyl groups excluding tert-OH is 1. The highest BCUT2D eigenvalue weighted by molar-refractivity contribution is 5.50. The molecule has 0 amide bonds.